The molecule has 0 bridgehead atoms. The second-order valence-electron chi connectivity index (χ2n) is 4.65. The average Bonchev–Trinajstić information content (AvgIpc) is 2.47. The molecule has 0 fully saturated rings. The molecule has 3 aromatic rings. The highest BCUT2D eigenvalue weighted by atomic mass is 79.9. The highest BCUT2D eigenvalue weighted by molar-refractivity contribution is 9.10. The number of aromatic nitrogens is 2. The monoisotopic (exact) mass is 341 g/mol. The number of halogens is 1. The minimum absolute atomic E-state index is 0.240. The van der Waals surface area contributed by atoms with Gasteiger partial charge in [0, 0.05) is 21.7 Å². The number of carbonyl (C=O) groups is 1. The van der Waals surface area contributed by atoms with Gasteiger partial charge in [0.15, 0.2) is 0 Å². The topological polar surface area (TPSA) is 54.9 Å². The van der Waals surface area contributed by atoms with E-state index in [0.29, 0.717) is 11.4 Å². The van der Waals surface area contributed by atoms with E-state index in [2.05, 4.69) is 31.2 Å². The molecule has 4 nitrogen and oxygen atoms in total. The minimum Gasteiger partial charge on any atom is -0.319 e. The van der Waals surface area contributed by atoms with Crippen molar-refractivity contribution in [3.8, 4) is 0 Å². The van der Waals surface area contributed by atoms with E-state index in [4.69, 9.17) is 0 Å². The van der Waals surface area contributed by atoms with E-state index in [1.807, 2.05) is 43.3 Å². The lowest BCUT2D eigenvalue weighted by Crippen LogP contribution is -2.14. The molecule has 21 heavy (non-hydrogen) atoms. The molecule has 2 aromatic heterocycles. The Balaban J connectivity index is 1.96. The van der Waals surface area contributed by atoms with Crippen LogP contribution < -0.4 is 5.32 Å². The first-order valence-corrected chi connectivity index (χ1v) is 7.22. The van der Waals surface area contributed by atoms with Crippen molar-refractivity contribution in [3.63, 3.8) is 0 Å². The third kappa shape index (κ3) is 2.92. The Morgan fingerprint density at radius 3 is 2.81 bits per heavy atom. The number of amides is 1. The van der Waals surface area contributed by atoms with Crippen LogP contribution in [0.4, 0.5) is 5.69 Å². The fraction of sp³-hybridized carbons (Fsp3) is 0.0625. The summed E-state index contributed by atoms with van der Waals surface area (Å²) in [4.78, 5) is 20.9. The van der Waals surface area contributed by atoms with Crippen LogP contribution in [0.2, 0.25) is 0 Å². The van der Waals surface area contributed by atoms with Gasteiger partial charge in [-0.25, -0.2) is 4.98 Å². The third-order valence-corrected chi connectivity index (χ3v) is 3.48. The first-order valence-electron chi connectivity index (χ1n) is 6.43. The van der Waals surface area contributed by atoms with Crippen molar-refractivity contribution in [1.82, 2.24) is 9.97 Å². The van der Waals surface area contributed by atoms with Gasteiger partial charge in [0.1, 0.15) is 5.69 Å². The average molecular weight is 342 g/mol. The predicted molar refractivity (Wildman–Crippen MR) is 86.4 cm³/mol. The Morgan fingerprint density at radius 2 is 2.00 bits per heavy atom. The molecule has 3 rings (SSSR count). The van der Waals surface area contributed by atoms with Gasteiger partial charge in [0.05, 0.1) is 11.2 Å². The summed E-state index contributed by atoms with van der Waals surface area (Å²) in [6, 6.07) is 13.0. The van der Waals surface area contributed by atoms with Crippen LogP contribution in [-0.2, 0) is 0 Å². The summed E-state index contributed by atoms with van der Waals surface area (Å²) < 4.78 is 0.902. The van der Waals surface area contributed by atoms with Gasteiger partial charge in [-0.05, 0) is 47.1 Å². The smallest absolute Gasteiger partial charge is 0.274 e. The molecular weight excluding hydrogens is 330 g/mol. The Kier molecular flexibility index (Phi) is 3.66. The molecule has 0 saturated carbocycles. The van der Waals surface area contributed by atoms with Crippen LogP contribution in [-0.4, -0.2) is 15.9 Å². The number of benzene rings is 1. The summed E-state index contributed by atoms with van der Waals surface area (Å²) in [5.74, 6) is -0.240. The van der Waals surface area contributed by atoms with Gasteiger partial charge >= 0.3 is 0 Å². The Morgan fingerprint density at radius 1 is 1.19 bits per heavy atom. The van der Waals surface area contributed by atoms with E-state index >= 15 is 0 Å². The van der Waals surface area contributed by atoms with Crippen LogP contribution in [0.25, 0.3) is 10.9 Å². The molecule has 0 unspecified atom stereocenters. The number of rotatable bonds is 2. The molecule has 0 aliphatic rings. The molecule has 1 aromatic carbocycles. The molecule has 0 spiro atoms. The second kappa shape index (κ2) is 5.61. The number of para-hydroxylation sites is 1. The maximum atomic E-state index is 12.3. The zero-order valence-electron chi connectivity index (χ0n) is 11.3. The summed E-state index contributed by atoms with van der Waals surface area (Å²) >= 11 is 3.39. The third-order valence-electron chi connectivity index (χ3n) is 3.05. The van der Waals surface area contributed by atoms with Gasteiger partial charge in [-0.3, -0.25) is 9.78 Å². The first-order chi connectivity index (χ1) is 10.1. The summed E-state index contributed by atoms with van der Waals surface area (Å²) in [6.45, 7) is 1.85. The number of nitrogens with zero attached hydrogens (tertiary/aromatic N) is 2. The zero-order valence-corrected chi connectivity index (χ0v) is 12.9. The minimum atomic E-state index is -0.240. The van der Waals surface area contributed by atoms with Crippen LogP contribution in [0.5, 0.6) is 0 Å². The van der Waals surface area contributed by atoms with E-state index < -0.39 is 0 Å². The summed E-state index contributed by atoms with van der Waals surface area (Å²) in [7, 11) is 0. The van der Waals surface area contributed by atoms with E-state index in [-0.39, 0.29) is 5.91 Å². The predicted octanol–water partition coefficient (Wildman–Crippen LogP) is 3.95. The lowest BCUT2D eigenvalue weighted by atomic mass is 10.2. The van der Waals surface area contributed by atoms with Crippen LogP contribution in [0.15, 0.2) is 53.1 Å². The SMILES string of the molecule is Cc1cccc(C(=O)Nc2cccc3cc(Br)cnc23)n1. The number of fused-ring (bicyclic) bond motifs is 1. The summed E-state index contributed by atoms with van der Waals surface area (Å²) in [5.41, 5.74) is 2.63. The molecule has 2 heterocycles. The normalized spacial score (nSPS) is 10.6. The van der Waals surface area contributed by atoms with Crippen LogP contribution in [0.3, 0.4) is 0 Å². The molecule has 0 saturated heterocycles. The van der Waals surface area contributed by atoms with Crippen molar-refractivity contribution in [2.75, 3.05) is 5.32 Å². The van der Waals surface area contributed by atoms with Crippen molar-refractivity contribution in [1.29, 1.82) is 0 Å². The van der Waals surface area contributed by atoms with Gasteiger partial charge in [0.2, 0.25) is 0 Å². The lowest BCUT2D eigenvalue weighted by molar-refractivity contribution is 0.102. The van der Waals surface area contributed by atoms with Gasteiger partial charge in [-0.15, -0.1) is 0 Å². The number of carbonyl (C=O) groups excluding carboxylic acids is 1. The Labute approximate surface area is 130 Å². The standard InChI is InChI=1S/C16H12BrN3O/c1-10-4-2-7-14(19-10)16(21)20-13-6-3-5-11-8-12(17)9-18-15(11)13/h2-9H,1H3,(H,20,21). The molecule has 5 heteroatoms. The number of pyridine rings is 2. The van der Waals surface area contributed by atoms with Gasteiger partial charge in [-0.1, -0.05) is 18.2 Å². The molecule has 1 amide bonds. The number of nitrogens with one attached hydrogen (secondary N) is 1. The molecule has 0 aliphatic carbocycles. The van der Waals surface area contributed by atoms with E-state index in [9.17, 15) is 4.79 Å². The largest absolute Gasteiger partial charge is 0.319 e. The molecule has 0 atom stereocenters. The molecule has 104 valence electrons. The van der Waals surface area contributed by atoms with E-state index in [1.165, 1.54) is 0 Å². The maximum Gasteiger partial charge on any atom is 0.274 e. The maximum absolute atomic E-state index is 12.3. The fourth-order valence-electron chi connectivity index (χ4n) is 2.09. The lowest BCUT2D eigenvalue weighted by Gasteiger charge is -2.08. The van der Waals surface area contributed by atoms with Crippen molar-refractivity contribution < 1.29 is 4.79 Å². The highest BCUT2D eigenvalue weighted by Gasteiger charge is 2.10. The van der Waals surface area contributed by atoms with Crippen molar-refractivity contribution >= 4 is 38.4 Å². The first kappa shape index (κ1) is 13.7. The van der Waals surface area contributed by atoms with Crippen LogP contribution in [0.1, 0.15) is 16.2 Å². The summed E-state index contributed by atoms with van der Waals surface area (Å²) in [6.07, 6.45) is 1.71. The van der Waals surface area contributed by atoms with Gasteiger partial charge < -0.3 is 5.32 Å². The highest BCUT2D eigenvalue weighted by Crippen LogP contribution is 2.24. The second-order valence-corrected chi connectivity index (χ2v) is 5.56. The molecule has 0 radical (unpaired) electrons. The Bertz CT molecular complexity index is 833. The quantitative estimate of drug-likeness (QED) is 0.767. The number of hydrogen-bond acceptors (Lipinski definition) is 3. The number of hydrogen-bond donors (Lipinski definition) is 1. The van der Waals surface area contributed by atoms with Crippen LogP contribution in [0, 0.1) is 6.92 Å². The molecule has 1 N–H and O–H groups in total. The van der Waals surface area contributed by atoms with Crippen molar-refractivity contribution in [2.45, 2.75) is 6.92 Å². The van der Waals surface area contributed by atoms with E-state index in [1.54, 1.807) is 12.3 Å². The Hall–Kier alpha value is -2.27. The van der Waals surface area contributed by atoms with Crippen molar-refractivity contribution in [3.05, 3.63) is 64.5 Å². The zero-order chi connectivity index (χ0) is 14.8. The summed E-state index contributed by atoms with van der Waals surface area (Å²) in [5, 5.41) is 3.83. The van der Waals surface area contributed by atoms with Gasteiger partial charge in [-0.2, -0.15) is 0 Å². The number of anilines is 1. The fourth-order valence-corrected chi connectivity index (χ4v) is 2.44. The molecular formula is C16H12BrN3O. The molecule has 0 aliphatic heterocycles. The number of aryl methyl sites for hydroxylation is 1. The van der Waals surface area contributed by atoms with Gasteiger partial charge in [0.25, 0.3) is 5.91 Å². The van der Waals surface area contributed by atoms with Crippen LogP contribution >= 0.6 is 15.9 Å². The van der Waals surface area contributed by atoms with E-state index in [0.717, 1.165) is 21.1 Å². The van der Waals surface area contributed by atoms with Crippen molar-refractivity contribution in [2.24, 2.45) is 0 Å².